The monoisotopic (exact) mass is 411 g/mol. The normalized spacial score (nSPS) is 11.0. The number of amides is 1. The second-order valence-corrected chi connectivity index (χ2v) is 8.58. The molecular formula is C25H49NO3. The van der Waals surface area contributed by atoms with Crippen LogP contribution in [0.2, 0.25) is 0 Å². The Bertz CT molecular complexity index is 384. The van der Waals surface area contributed by atoms with Gasteiger partial charge in [-0.15, -0.1) is 0 Å². The van der Waals surface area contributed by atoms with E-state index in [9.17, 15) is 9.59 Å². The highest BCUT2D eigenvalue weighted by molar-refractivity contribution is 5.77. The van der Waals surface area contributed by atoms with Crippen LogP contribution in [0.25, 0.3) is 0 Å². The van der Waals surface area contributed by atoms with Crippen LogP contribution in [0.5, 0.6) is 0 Å². The van der Waals surface area contributed by atoms with Crippen LogP contribution < -0.4 is 0 Å². The van der Waals surface area contributed by atoms with Gasteiger partial charge in [-0.1, -0.05) is 110 Å². The number of hydrogen-bond donors (Lipinski definition) is 1. The van der Waals surface area contributed by atoms with Crippen LogP contribution >= 0.6 is 0 Å². The van der Waals surface area contributed by atoms with Crippen molar-refractivity contribution in [2.24, 2.45) is 0 Å². The van der Waals surface area contributed by atoms with E-state index >= 15 is 0 Å². The van der Waals surface area contributed by atoms with Crippen molar-refractivity contribution in [2.75, 3.05) is 13.1 Å². The molecule has 0 unspecified atom stereocenters. The molecule has 0 heterocycles. The topological polar surface area (TPSA) is 57.6 Å². The maximum atomic E-state index is 12.3. The molecule has 0 aliphatic carbocycles. The first-order chi connectivity index (χ1) is 14.1. The summed E-state index contributed by atoms with van der Waals surface area (Å²) >= 11 is 0. The van der Waals surface area contributed by atoms with Gasteiger partial charge < -0.3 is 10.0 Å². The number of carbonyl (C=O) groups is 2. The molecule has 0 saturated carbocycles. The van der Waals surface area contributed by atoms with Gasteiger partial charge in [0.15, 0.2) is 0 Å². The number of carboxylic acid groups (broad SMARTS) is 1. The van der Waals surface area contributed by atoms with E-state index in [1.54, 1.807) is 4.90 Å². The maximum Gasteiger partial charge on any atom is 0.305 e. The predicted octanol–water partition coefficient (Wildman–Crippen LogP) is 7.35. The van der Waals surface area contributed by atoms with Gasteiger partial charge in [-0.3, -0.25) is 9.59 Å². The second kappa shape index (κ2) is 21.6. The summed E-state index contributed by atoms with van der Waals surface area (Å²) < 4.78 is 0. The van der Waals surface area contributed by atoms with Crippen molar-refractivity contribution in [3.63, 3.8) is 0 Å². The summed E-state index contributed by atoms with van der Waals surface area (Å²) in [4.78, 5) is 24.8. The fourth-order valence-corrected chi connectivity index (χ4v) is 3.75. The van der Waals surface area contributed by atoms with Gasteiger partial charge in [-0.25, -0.2) is 0 Å². The third kappa shape index (κ3) is 20.0. The zero-order valence-corrected chi connectivity index (χ0v) is 19.6. The Hall–Kier alpha value is -1.06. The summed E-state index contributed by atoms with van der Waals surface area (Å²) in [5, 5.41) is 8.85. The van der Waals surface area contributed by atoms with Crippen LogP contribution in [0.1, 0.15) is 136 Å². The molecule has 0 atom stereocenters. The highest BCUT2D eigenvalue weighted by Gasteiger charge is 2.13. The number of hydrogen-bond acceptors (Lipinski definition) is 2. The third-order valence-electron chi connectivity index (χ3n) is 5.72. The van der Waals surface area contributed by atoms with Crippen molar-refractivity contribution in [3.8, 4) is 0 Å². The molecule has 172 valence electrons. The Morgan fingerprint density at radius 1 is 0.552 bits per heavy atom. The van der Waals surface area contributed by atoms with E-state index < -0.39 is 5.97 Å². The van der Waals surface area contributed by atoms with E-state index in [4.69, 9.17) is 5.11 Å². The molecule has 29 heavy (non-hydrogen) atoms. The summed E-state index contributed by atoms with van der Waals surface area (Å²) in [7, 11) is 0. The lowest BCUT2D eigenvalue weighted by Crippen LogP contribution is -2.33. The summed E-state index contributed by atoms with van der Waals surface area (Å²) in [5.74, 6) is -0.694. The molecule has 0 aromatic rings. The van der Waals surface area contributed by atoms with Crippen LogP contribution in [0.4, 0.5) is 0 Å². The SMILES string of the molecule is CCCCCCCCCCCCCCCCCC(=O)N(CCCC)CCC(=O)O. The van der Waals surface area contributed by atoms with Crippen molar-refractivity contribution in [1.29, 1.82) is 0 Å². The summed E-state index contributed by atoms with van der Waals surface area (Å²) in [6, 6.07) is 0. The number of aliphatic carboxylic acids is 1. The third-order valence-corrected chi connectivity index (χ3v) is 5.72. The number of carboxylic acids is 1. The molecule has 0 aliphatic heterocycles. The van der Waals surface area contributed by atoms with Crippen LogP contribution in [-0.2, 0) is 9.59 Å². The van der Waals surface area contributed by atoms with Gasteiger partial charge in [0.05, 0.1) is 6.42 Å². The molecule has 0 aliphatic rings. The van der Waals surface area contributed by atoms with E-state index in [0.717, 1.165) is 25.7 Å². The van der Waals surface area contributed by atoms with E-state index in [1.165, 1.54) is 83.5 Å². The van der Waals surface area contributed by atoms with Crippen LogP contribution in [0.15, 0.2) is 0 Å². The number of rotatable bonds is 22. The minimum Gasteiger partial charge on any atom is -0.481 e. The van der Waals surface area contributed by atoms with Crippen molar-refractivity contribution < 1.29 is 14.7 Å². The molecular weight excluding hydrogens is 362 g/mol. The van der Waals surface area contributed by atoms with E-state index in [0.29, 0.717) is 19.5 Å². The number of carbonyl (C=O) groups excluding carboxylic acids is 1. The van der Waals surface area contributed by atoms with Gasteiger partial charge in [0, 0.05) is 19.5 Å². The van der Waals surface area contributed by atoms with Gasteiger partial charge in [0.25, 0.3) is 0 Å². The van der Waals surface area contributed by atoms with Gasteiger partial charge in [-0.05, 0) is 12.8 Å². The summed E-state index contributed by atoms with van der Waals surface area (Å²) in [5.41, 5.74) is 0. The first-order valence-electron chi connectivity index (χ1n) is 12.6. The van der Waals surface area contributed by atoms with Gasteiger partial charge >= 0.3 is 5.97 Å². The molecule has 1 amide bonds. The summed E-state index contributed by atoms with van der Waals surface area (Å²) in [6.45, 7) is 5.41. The lowest BCUT2D eigenvalue weighted by atomic mass is 10.0. The fourth-order valence-electron chi connectivity index (χ4n) is 3.75. The Kier molecular flexibility index (Phi) is 20.9. The maximum absolute atomic E-state index is 12.3. The van der Waals surface area contributed by atoms with Crippen molar-refractivity contribution in [3.05, 3.63) is 0 Å². The molecule has 0 aromatic carbocycles. The van der Waals surface area contributed by atoms with Crippen LogP contribution in [-0.4, -0.2) is 35.0 Å². The second-order valence-electron chi connectivity index (χ2n) is 8.58. The van der Waals surface area contributed by atoms with Gasteiger partial charge in [-0.2, -0.15) is 0 Å². The Labute approximate surface area is 180 Å². The molecule has 4 nitrogen and oxygen atoms in total. The molecule has 0 aromatic heterocycles. The Balaban J connectivity index is 3.50. The lowest BCUT2D eigenvalue weighted by molar-refractivity contribution is -0.138. The molecule has 0 radical (unpaired) electrons. The largest absolute Gasteiger partial charge is 0.481 e. The van der Waals surface area contributed by atoms with E-state index in [1.807, 2.05) is 0 Å². The molecule has 0 spiro atoms. The molecule has 0 rings (SSSR count). The smallest absolute Gasteiger partial charge is 0.305 e. The fraction of sp³-hybridized carbons (Fsp3) is 0.920. The molecule has 1 N–H and O–H groups in total. The number of unbranched alkanes of at least 4 members (excludes halogenated alkanes) is 15. The average molecular weight is 412 g/mol. The molecule has 0 bridgehead atoms. The van der Waals surface area contributed by atoms with E-state index in [2.05, 4.69) is 13.8 Å². The van der Waals surface area contributed by atoms with Gasteiger partial charge in [0.2, 0.25) is 5.91 Å². The van der Waals surface area contributed by atoms with Crippen molar-refractivity contribution >= 4 is 11.9 Å². The van der Waals surface area contributed by atoms with Crippen LogP contribution in [0, 0.1) is 0 Å². The standard InChI is InChI=1S/C25H49NO3/c1-3-5-7-8-9-10-11-12-13-14-15-16-17-18-19-20-24(27)26(22-6-4-2)23-21-25(28)29/h3-23H2,1-2H3,(H,28,29). The molecule has 4 heteroatoms. The minimum atomic E-state index is -0.828. The average Bonchev–Trinajstić information content (AvgIpc) is 2.70. The van der Waals surface area contributed by atoms with Crippen LogP contribution in [0.3, 0.4) is 0 Å². The Morgan fingerprint density at radius 2 is 0.966 bits per heavy atom. The lowest BCUT2D eigenvalue weighted by Gasteiger charge is -2.21. The first kappa shape index (κ1) is 27.9. The molecule has 0 saturated heterocycles. The highest BCUT2D eigenvalue weighted by atomic mass is 16.4. The minimum absolute atomic E-state index is 0.0499. The quantitative estimate of drug-likeness (QED) is 0.189. The van der Waals surface area contributed by atoms with E-state index in [-0.39, 0.29) is 12.3 Å². The first-order valence-corrected chi connectivity index (χ1v) is 12.6. The van der Waals surface area contributed by atoms with Crippen molar-refractivity contribution in [2.45, 2.75) is 136 Å². The van der Waals surface area contributed by atoms with Crippen molar-refractivity contribution in [1.82, 2.24) is 4.90 Å². The molecule has 0 fully saturated rings. The highest BCUT2D eigenvalue weighted by Crippen LogP contribution is 2.14. The zero-order valence-electron chi connectivity index (χ0n) is 19.6. The Morgan fingerprint density at radius 3 is 1.38 bits per heavy atom. The van der Waals surface area contributed by atoms with Gasteiger partial charge in [0.1, 0.15) is 0 Å². The summed E-state index contributed by atoms with van der Waals surface area (Å²) in [6.07, 6.45) is 22.4. The predicted molar refractivity (Wildman–Crippen MR) is 123 cm³/mol. The zero-order chi connectivity index (χ0) is 21.6. The number of nitrogens with zero attached hydrogens (tertiary/aromatic N) is 1.